The molecule has 0 spiro atoms. The number of carboxylic acids is 1. The summed E-state index contributed by atoms with van der Waals surface area (Å²) in [5, 5.41) is 9.24. The summed E-state index contributed by atoms with van der Waals surface area (Å²) < 4.78 is 0. The van der Waals surface area contributed by atoms with Gasteiger partial charge in [0.05, 0.1) is 11.2 Å². The van der Waals surface area contributed by atoms with Gasteiger partial charge in [0.25, 0.3) is 5.91 Å². The molecule has 0 bridgehead atoms. The smallest absolute Gasteiger partial charge is 0.326 e. The van der Waals surface area contributed by atoms with Gasteiger partial charge in [-0.15, -0.1) is 11.3 Å². The third-order valence-electron chi connectivity index (χ3n) is 3.24. The predicted octanol–water partition coefficient (Wildman–Crippen LogP) is 1.92. The molecule has 1 unspecified atom stereocenters. The van der Waals surface area contributed by atoms with Crippen LogP contribution in [0.4, 0.5) is 0 Å². The molecular weight excluding hydrogens is 252 g/mol. The van der Waals surface area contributed by atoms with Gasteiger partial charge in [-0.3, -0.25) is 4.79 Å². The van der Waals surface area contributed by atoms with Crippen LogP contribution in [-0.2, 0) is 4.79 Å². The summed E-state index contributed by atoms with van der Waals surface area (Å²) in [7, 11) is 0. The van der Waals surface area contributed by atoms with Crippen molar-refractivity contribution in [1.29, 1.82) is 0 Å². The summed E-state index contributed by atoms with van der Waals surface area (Å²) in [5.41, 5.74) is 2.30. The molecule has 2 rings (SSSR count). The highest BCUT2D eigenvalue weighted by atomic mass is 32.1. The molecule has 1 aromatic rings. The molecule has 5 nitrogen and oxygen atoms in total. The zero-order valence-corrected chi connectivity index (χ0v) is 11.1. The maximum Gasteiger partial charge on any atom is 0.326 e. The predicted molar refractivity (Wildman–Crippen MR) is 67.8 cm³/mol. The fourth-order valence-electron chi connectivity index (χ4n) is 2.25. The fourth-order valence-corrected chi connectivity index (χ4v) is 3.00. The molecule has 18 heavy (non-hydrogen) atoms. The minimum absolute atomic E-state index is 0.190. The molecule has 1 aliphatic heterocycles. The molecule has 6 heteroatoms. The Morgan fingerprint density at radius 3 is 2.83 bits per heavy atom. The van der Waals surface area contributed by atoms with Gasteiger partial charge < -0.3 is 10.0 Å². The van der Waals surface area contributed by atoms with E-state index in [2.05, 4.69) is 4.98 Å². The molecule has 1 fully saturated rings. The van der Waals surface area contributed by atoms with E-state index in [4.69, 9.17) is 0 Å². The fraction of sp³-hybridized carbons (Fsp3) is 0.583. The van der Waals surface area contributed by atoms with Gasteiger partial charge in [-0.25, -0.2) is 9.78 Å². The number of thiazole rings is 1. The lowest BCUT2D eigenvalue weighted by Crippen LogP contribution is -2.44. The Hall–Kier alpha value is -1.43. The maximum atomic E-state index is 12.4. The van der Waals surface area contributed by atoms with E-state index in [1.54, 1.807) is 12.4 Å². The Morgan fingerprint density at radius 2 is 2.22 bits per heavy atom. The molecule has 1 saturated heterocycles. The Morgan fingerprint density at radius 1 is 1.44 bits per heavy atom. The first-order valence-electron chi connectivity index (χ1n) is 6.05. The first-order chi connectivity index (χ1) is 8.61. The van der Waals surface area contributed by atoms with Crippen molar-refractivity contribution in [2.24, 2.45) is 0 Å². The van der Waals surface area contributed by atoms with Crippen molar-refractivity contribution >= 4 is 23.2 Å². The van der Waals surface area contributed by atoms with Crippen LogP contribution in [0, 0.1) is 6.92 Å². The van der Waals surface area contributed by atoms with Crippen LogP contribution in [-0.4, -0.2) is 39.5 Å². The van der Waals surface area contributed by atoms with Crippen LogP contribution in [0.2, 0.25) is 0 Å². The quantitative estimate of drug-likeness (QED) is 0.889. The molecule has 98 valence electrons. The number of carboxylic acid groups (broad SMARTS) is 1. The summed E-state index contributed by atoms with van der Waals surface area (Å²) >= 11 is 1.28. The zero-order valence-electron chi connectivity index (χ0n) is 10.3. The third-order valence-corrected chi connectivity index (χ3v) is 4.16. The normalized spacial score (nSPS) is 20.5. The number of aliphatic carboxylic acids is 1. The Labute approximate surface area is 109 Å². The summed E-state index contributed by atoms with van der Waals surface area (Å²) in [6.45, 7) is 2.30. The molecule has 0 aliphatic carbocycles. The van der Waals surface area contributed by atoms with Crippen molar-refractivity contribution in [3.8, 4) is 0 Å². The van der Waals surface area contributed by atoms with E-state index < -0.39 is 12.0 Å². The van der Waals surface area contributed by atoms with Crippen molar-refractivity contribution in [2.75, 3.05) is 6.54 Å². The zero-order chi connectivity index (χ0) is 13.1. The highest BCUT2D eigenvalue weighted by molar-refractivity contribution is 7.11. The van der Waals surface area contributed by atoms with Crippen molar-refractivity contribution in [1.82, 2.24) is 9.88 Å². The summed E-state index contributed by atoms with van der Waals surface area (Å²) in [4.78, 5) is 29.8. The maximum absolute atomic E-state index is 12.4. The van der Waals surface area contributed by atoms with Crippen LogP contribution in [0.5, 0.6) is 0 Å². The van der Waals surface area contributed by atoms with Crippen LogP contribution >= 0.6 is 11.3 Å². The summed E-state index contributed by atoms with van der Waals surface area (Å²) in [6, 6.07) is -0.693. The molecule has 1 aromatic heterocycles. The summed E-state index contributed by atoms with van der Waals surface area (Å²) in [6.07, 6.45) is 3.25. The number of carbonyl (C=O) groups excluding carboxylic acids is 1. The number of aryl methyl sites for hydroxylation is 1. The van der Waals surface area contributed by atoms with Crippen molar-refractivity contribution in [3.05, 3.63) is 16.1 Å². The average Bonchev–Trinajstić information content (AvgIpc) is 2.63. The lowest BCUT2D eigenvalue weighted by Gasteiger charge is -2.26. The molecule has 0 radical (unpaired) electrons. The van der Waals surface area contributed by atoms with E-state index in [1.165, 1.54) is 16.2 Å². The average molecular weight is 268 g/mol. The van der Waals surface area contributed by atoms with Gasteiger partial charge in [-0.05, 0) is 19.8 Å². The highest BCUT2D eigenvalue weighted by Gasteiger charge is 2.32. The molecule has 2 heterocycles. The number of hydrogen-bond donors (Lipinski definition) is 1. The van der Waals surface area contributed by atoms with Gasteiger partial charge in [0, 0.05) is 6.54 Å². The molecule has 0 saturated carbocycles. The van der Waals surface area contributed by atoms with E-state index in [0.717, 1.165) is 19.3 Å². The second kappa shape index (κ2) is 5.48. The summed E-state index contributed by atoms with van der Waals surface area (Å²) in [5.74, 6) is -1.10. The molecule has 1 N–H and O–H groups in total. The number of carbonyl (C=O) groups is 2. The number of aromatic nitrogens is 1. The minimum atomic E-state index is -0.910. The van der Waals surface area contributed by atoms with Crippen LogP contribution in [0.15, 0.2) is 5.51 Å². The molecule has 1 amide bonds. The second-order valence-electron chi connectivity index (χ2n) is 4.47. The van der Waals surface area contributed by atoms with Crippen LogP contribution in [0.3, 0.4) is 0 Å². The third kappa shape index (κ3) is 2.53. The first-order valence-corrected chi connectivity index (χ1v) is 6.93. The molecule has 0 aromatic carbocycles. The first kappa shape index (κ1) is 13.0. The number of amides is 1. The number of rotatable bonds is 2. The van der Waals surface area contributed by atoms with Gasteiger partial charge in [-0.1, -0.05) is 12.8 Å². The second-order valence-corrected chi connectivity index (χ2v) is 5.32. The minimum Gasteiger partial charge on any atom is -0.480 e. The van der Waals surface area contributed by atoms with Crippen molar-refractivity contribution < 1.29 is 14.7 Å². The van der Waals surface area contributed by atoms with Gasteiger partial charge in [0.15, 0.2) is 0 Å². The van der Waals surface area contributed by atoms with Gasteiger partial charge in [0.1, 0.15) is 10.9 Å². The van der Waals surface area contributed by atoms with E-state index in [-0.39, 0.29) is 5.91 Å². The number of nitrogens with zero attached hydrogens (tertiary/aromatic N) is 2. The van der Waals surface area contributed by atoms with E-state index in [1.807, 2.05) is 0 Å². The monoisotopic (exact) mass is 268 g/mol. The van der Waals surface area contributed by atoms with Gasteiger partial charge in [-0.2, -0.15) is 0 Å². The number of hydrogen-bond acceptors (Lipinski definition) is 4. The molecule has 1 atom stereocenters. The van der Waals surface area contributed by atoms with E-state index in [9.17, 15) is 14.7 Å². The Bertz CT molecular complexity index is 458. The lowest BCUT2D eigenvalue weighted by atomic mass is 10.1. The highest BCUT2D eigenvalue weighted by Crippen LogP contribution is 2.22. The lowest BCUT2D eigenvalue weighted by molar-refractivity contribution is -0.142. The standard InChI is InChI=1S/C12H16N2O3S/c1-8-10(18-7-13-8)11(15)14-6-4-2-3-5-9(14)12(16)17/h7,9H,2-6H2,1H3,(H,16,17). The number of likely N-dealkylation sites (tertiary alicyclic amines) is 1. The van der Waals surface area contributed by atoms with E-state index >= 15 is 0 Å². The molecular formula is C12H16N2O3S. The largest absolute Gasteiger partial charge is 0.480 e. The van der Waals surface area contributed by atoms with Gasteiger partial charge in [0.2, 0.25) is 0 Å². The SMILES string of the molecule is Cc1ncsc1C(=O)N1CCCCCC1C(=O)O. The van der Waals surface area contributed by atoms with Crippen LogP contribution in [0.1, 0.15) is 41.0 Å². The van der Waals surface area contributed by atoms with Crippen LogP contribution < -0.4 is 0 Å². The molecule has 1 aliphatic rings. The Balaban J connectivity index is 2.25. The van der Waals surface area contributed by atoms with Crippen molar-refractivity contribution in [2.45, 2.75) is 38.6 Å². The Kier molecular flexibility index (Phi) is 3.96. The van der Waals surface area contributed by atoms with Crippen molar-refractivity contribution in [3.63, 3.8) is 0 Å². The van der Waals surface area contributed by atoms with Gasteiger partial charge >= 0.3 is 5.97 Å². The topological polar surface area (TPSA) is 70.5 Å². The van der Waals surface area contributed by atoms with Crippen LogP contribution in [0.25, 0.3) is 0 Å². The van der Waals surface area contributed by atoms with E-state index in [0.29, 0.717) is 23.5 Å².